The number of carboxylic acids is 1. The van der Waals surface area contributed by atoms with E-state index >= 15 is 0 Å². The van der Waals surface area contributed by atoms with E-state index in [1.54, 1.807) is 26.4 Å². The van der Waals surface area contributed by atoms with Crippen LogP contribution in [-0.2, 0) is 51.4 Å². The highest BCUT2D eigenvalue weighted by molar-refractivity contribution is 5.98. The second-order valence-electron chi connectivity index (χ2n) is 15.3. The van der Waals surface area contributed by atoms with Crippen molar-refractivity contribution in [1.82, 2.24) is 0 Å². The summed E-state index contributed by atoms with van der Waals surface area (Å²) in [6.45, 7) is 2.65. The van der Waals surface area contributed by atoms with Gasteiger partial charge in [0.1, 0.15) is 24.7 Å². The Morgan fingerprint density at radius 3 is 1.43 bits per heavy atom. The molecule has 54 heavy (non-hydrogen) atoms. The molecule has 11 nitrogen and oxygen atoms in total. The van der Waals surface area contributed by atoms with Gasteiger partial charge >= 0.3 is 29.8 Å². The first-order valence-corrected chi connectivity index (χ1v) is 18.7. The molecule has 6 unspecified atom stereocenters. The monoisotopic (exact) mass is 738 g/mol. The molecule has 3 saturated carbocycles. The minimum Gasteiger partial charge on any atom is -0.497 e. The Labute approximate surface area is 314 Å². The van der Waals surface area contributed by atoms with Gasteiger partial charge in [0.25, 0.3) is 0 Å². The van der Waals surface area contributed by atoms with Gasteiger partial charge in [0.15, 0.2) is 0 Å². The molecule has 6 bridgehead atoms. The number of ether oxygens (including phenoxy) is 5. The molecule has 0 spiro atoms. The van der Waals surface area contributed by atoms with Crippen LogP contribution in [0.15, 0.2) is 85.0 Å². The highest BCUT2D eigenvalue weighted by Gasteiger charge is 2.58. The molecule has 1 N–H and O–H groups in total. The first-order valence-electron chi connectivity index (χ1n) is 18.7. The van der Waals surface area contributed by atoms with E-state index < -0.39 is 23.8 Å². The van der Waals surface area contributed by atoms with E-state index in [0.29, 0.717) is 24.4 Å². The van der Waals surface area contributed by atoms with E-state index in [2.05, 4.69) is 23.8 Å². The molecule has 0 amide bonds. The number of methoxy groups -OCH3 is 2. The molecule has 12 atom stereocenters. The van der Waals surface area contributed by atoms with Gasteiger partial charge in [-0.2, -0.15) is 0 Å². The van der Waals surface area contributed by atoms with E-state index in [1.807, 2.05) is 60.7 Å². The maximum Gasteiger partial charge on any atom is 0.318 e. The average molecular weight is 739 g/mol. The number of hydrogen-bond donors (Lipinski definition) is 1. The summed E-state index contributed by atoms with van der Waals surface area (Å²) in [5.74, 6) is -0.0329. The van der Waals surface area contributed by atoms with Crippen molar-refractivity contribution in [3.05, 3.63) is 96.1 Å². The molecule has 9 rings (SSSR count). The fourth-order valence-corrected chi connectivity index (χ4v) is 9.58. The number of fused-ring (bicyclic) bond motifs is 9. The van der Waals surface area contributed by atoms with Crippen molar-refractivity contribution in [1.29, 1.82) is 0 Å². The molecular weight excluding hydrogens is 692 g/mol. The standard InChI is InChI=1S/C17H18O5.C17H20O3.C9H8O3/c1-21-13-6-2-10(3-7-13)9-22-17(20)15-12-5-4-11(8-12)14(15)16(18)19;1-11-13-5-6-14(9-13)16(11)17(18)20-10-12-3-7-15(19-2)8-4-12;10-8-6-4-1-2-5(3-4)7(6)9(11)12-8/h2-7,11-12,14-15H,8-9H2,1H3,(H,18,19);3-8,11,13-14,16H,9-10H2,1-2H3;1-2,4-7H,3H2/t11?,12?,14-,15+;11-,13?,14?,16-;4?,5?,6-,7+/m11./s1. The zero-order chi connectivity index (χ0) is 38.1. The van der Waals surface area contributed by atoms with Crippen molar-refractivity contribution in [3.63, 3.8) is 0 Å². The van der Waals surface area contributed by atoms with Crippen molar-refractivity contribution in [2.45, 2.75) is 39.4 Å². The maximum atomic E-state index is 12.3. The largest absolute Gasteiger partial charge is 0.497 e. The van der Waals surface area contributed by atoms with Gasteiger partial charge in [-0.25, -0.2) is 0 Å². The molecule has 4 fully saturated rings. The lowest BCUT2D eigenvalue weighted by Crippen LogP contribution is -2.34. The van der Waals surface area contributed by atoms with Crippen molar-refractivity contribution in [3.8, 4) is 11.5 Å². The Morgan fingerprint density at radius 2 is 0.981 bits per heavy atom. The second-order valence-corrected chi connectivity index (χ2v) is 15.3. The Morgan fingerprint density at radius 1 is 0.593 bits per heavy atom. The molecule has 2 aromatic rings. The number of carbonyl (C=O) groups excluding carboxylic acids is 4. The van der Waals surface area contributed by atoms with Gasteiger partial charge in [-0.3, -0.25) is 24.0 Å². The molecule has 0 radical (unpaired) electrons. The molecule has 1 aliphatic heterocycles. The van der Waals surface area contributed by atoms with Crippen LogP contribution in [0, 0.1) is 71.0 Å². The van der Waals surface area contributed by atoms with Crippen LogP contribution < -0.4 is 9.47 Å². The van der Waals surface area contributed by atoms with Gasteiger partial charge in [0, 0.05) is 0 Å². The van der Waals surface area contributed by atoms with E-state index in [-0.39, 0.29) is 65.9 Å². The van der Waals surface area contributed by atoms with Gasteiger partial charge in [0.2, 0.25) is 0 Å². The number of carbonyl (C=O) groups is 5. The van der Waals surface area contributed by atoms with Crippen molar-refractivity contribution in [2.75, 3.05) is 14.2 Å². The predicted molar refractivity (Wildman–Crippen MR) is 193 cm³/mol. The number of carboxylic acid groups (broad SMARTS) is 1. The quantitative estimate of drug-likeness (QED) is 0.140. The molecule has 0 aromatic heterocycles. The smallest absolute Gasteiger partial charge is 0.318 e. The normalized spacial score (nSPS) is 33.7. The molecular formula is C43H46O11. The van der Waals surface area contributed by atoms with Gasteiger partial charge in [-0.15, -0.1) is 0 Å². The van der Waals surface area contributed by atoms with Crippen molar-refractivity contribution >= 4 is 29.8 Å². The number of rotatable bonds is 9. The van der Waals surface area contributed by atoms with Crippen LogP contribution in [0.5, 0.6) is 11.5 Å². The number of allylic oxidation sites excluding steroid dienone is 6. The first kappa shape index (κ1) is 37.1. The lowest BCUT2D eigenvalue weighted by atomic mass is 9.83. The summed E-state index contributed by atoms with van der Waals surface area (Å²) >= 11 is 0. The number of benzene rings is 2. The summed E-state index contributed by atoms with van der Waals surface area (Å²) in [7, 11) is 3.22. The van der Waals surface area contributed by atoms with Gasteiger partial charge in [-0.05, 0) is 96.1 Å². The molecule has 1 saturated heterocycles. The molecule has 2 aromatic carbocycles. The zero-order valence-corrected chi connectivity index (χ0v) is 30.6. The van der Waals surface area contributed by atoms with E-state index in [4.69, 9.17) is 18.9 Å². The molecule has 284 valence electrons. The summed E-state index contributed by atoms with van der Waals surface area (Å²) in [6.07, 6.45) is 15.2. The van der Waals surface area contributed by atoms with E-state index in [9.17, 15) is 29.1 Å². The molecule has 1 heterocycles. The zero-order valence-electron chi connectivity index (χ0n) is 30.6. The summed E-state index contributed by atoms with van der Waals surface area (Å²) in [5.41, 5.74) is 1.84. The molecule has 11 heteroatoms. The summed E-state index contributed by atoms with van der Waals surface area (Å²) in [6, 6.07) is 14.8. The number of cyclic esters (lactones) is 2. The van der Waals surface area contributed by atoms with Crippen LogP contribution >= 0.6 is 0 Å². The van der Waals surface area contributed by atoms with Crippen LogP contribution in [0.1, 0.15) is 37.3 Å². The Hall–Kier alpha value is -5.19. The SMILES string of the molecule is COc1ccc(COC(=O)[C@H]2C3C=CC(C3)[C@H]2C(=O)O)cc1.COc1ccc(COC(=O)[C@H]2C3C=CC(C3)[C@H]2C)cc1.O=C1OC(=O)[C@H]2C3C=CC(C3)[C@@H]12. The first-order chi connectivity index (χ1) is 26.1. The fraction of sp³-hybridized carbons (Fsp3) is 0.465. The summed E-state index contributed by atoms with van der Waals surface area (Å²) < 4.78 is 25.6. The number of esters is 4. The van der Waals surface area contributed by atoms with Crippen LogP contribution in [0.4, 0.5) is 0 Å². The predicted octanol–water partition coefficient (Wildman–Crippen LogP) is 5.97. The lowest BCUT2D eigenvalue weighted by molar-refractivity contribution is -0.159. The van der Waals surface area contributed by atoms with Crippen molar-refractivity contribution in [2.24, 2.45) is 71.0 Å². The third kappa shape index (κ3) is 7.32. The summed E-state index contributed by atoms with van der Waals surface area (Å²) in [4.78, 5) is 58.3. The highest BCUT2D eigenvalue weighted by atomic mass is 16.6. The number of hydrogen-bond acceptors (Lipinski definition) is 10. The van der Waals surface area contributed by atoms with Gasteiger partial charge in [-0.1, -0.05) is 67.6 Å². The molecule has 6 aliphatic carbocycles. The minimum atomic E-state index is -0.914. The third-order valence-electron chi connectivity index (χ3n) is 12.4. The summed E-state index contributed by atoms with van der Waals surface area (Å²) in [5, 5.41) is 9.34. The third-order valence-corrected chi connectivity index (χ3v) is 12.4. The van der Waals surface area contributed by atoms with Gasteiger partial charge in [0.05, 0.1) is 43.8 Å². The van der Waals surface area contributed by atoms with Crippen LogP contribution in [0.3, 0.4) is 0 Å². The second kappa shape index (κ2) is 15.7. The lowest BCUT2D eigenvalue weighted by Gasteiger charge is -2.23. The highest BCUT2D eigenvalue weighted by Crippen LogP contribution is 2.52. The Kier molecular flexibility index (Phi) is 10.8. The van der Waals surface area contributed by atoms with Crippen LogP contribution in [-0.4, -0.2) is 49.2 Å². The van der Waals surface area contributed by atoms with Crippen molar-refractivity contribution < 1.29 is 52.8 Å². The van der Waals surface area contributed by atoms with Gasteiger partial charge < -0.3 is 28.8 Å². The minimum absolute atomic E-state index is 0.00512. The average Bonchev–Trinajstić information content (AvgIpc) is 4.06. The topological polar surface area (TPSA) is 152 Å². The maximum absolute atomic E-state index is 12.3. The van der Waals surface area contributed by atoms with Crippen LogP contribution in [0.25, 0.3) is 0 Å². The number of aliphatic carboxylic acids is 1. The van der Waals surface area contributed by atoms with E-state index in [1.165, 1.54) is 0 Å². The van der Waals surface area contributed by atoms with Crippen LogP contribution in [0.2, 0.25) is 0 Å². The molecule has 7 aliphatic rings. The van der Waals surface area contributed by atoms with E-state index in [0.717, 1.165) is 41.9 Å². The Bertz CT molecular complexity index is 1810. The Balaban J connectivity index is 0.000000130. The fourth-order valence-electron chi connectivity index (χ4n) is 9.58.